The molecule has 19 heavy (non-hydrogen) atoms. The summed E-state index contributed by atoms with van der Waals surface area (Å²) < 4.78 is 41.8. The summed E-state index contributed by atoms with van der Waals surface area (Å²) in [4.78, 5) is 7.72. The van der Waals surface area contributed by atoms with Gasteiger partial charge in [-0.15, -0.1) is 0 Å². The molecule has 0 aliphatic rings. The molecule has 1 N–H and O–H groups in total. The molecular formula is C10H7BrF3N3O2. The van der Waals surface area contributed by atoms with Gasteiger partial charge in [-0.05, 0) is 28.1 Å². The van der Waals surface area contributed by atoms with E-state index in [0.29, 0.717) is 5.69 Å². The third-order valence-electron chi connectivity index (χ3n) is 2.17. The molecule has 0 radical (unpaired) electrons. The smallest absolute Gasteiger partial charge is 0.383 e. The van der Waals surface area contributed by atoms with Crippen LogP contribution in [0.1, 0.15) is 5.89 Å². The lowest BCUT2D eigenvalue weighted by atomic mass is 10.2. The monoisotopic (exact) mass is 337 g/mol. The number of aromatic nitrogens is 3. The fraction of sp³-hybridized carbons (Fsp3) is 0.300. The van der Waals surface area contributed by atoms with Crippen molar-refractivity contribution < 1.29 is 22.8 Å². The zero-order valence-corrected chi connectivity index (χ0v) is 10.8. The molecule has 2 heterocycles. The molecule has 102 valence electrons. The van der Waals surface area contributed by atoms with Crippen LogP contribution >= 0.6 is 15.9 Å². The third kappa shape index (κ3) is 3.51. The first-order valence-electron chi connectivity index (χ1n) is 5.05. The van der Waals surface area contributed by atoms with E-state index in [4.69, 9.17) is 5.11 Å². The highest BCUT2D eigenvalue weighted by Crippen LogP contribution is 2.23. The third-order valence-corrected chi connectivity index (χ3v) is 2.64. The molecule has 5 nitrogen and oxygen atoms in total. The Bertz CT molecular complexity index is 556. The summed E-state index contributed by atoms with van der Waals surface area (Å²) in [6.07, 6.45) is -6.54. The van der Waals surface area contributed by atoms with Gasteiger partial charge in [0.1, 0.15) is 5.69 Å². The molecule has 1 unspecified atom stereocenters. The fourth-order valence-electron chi connectivity index (χ4n) is 1.23. The number of hydrogen-bond donors (Lipinski definition) is 1. The van der Waals surface area contributed by atoms with Crippen molar-refractivity contribution in [3.8, 4) is 11.5 Å². The van der Waals surface area contributed by atoms with Crippen LogP contribution in [0.5, 0.6) is 0 Å². The number of pyridine rings is 1. The lowest BCUT2D eigenvalue weighted by molar-refractivity contribution is -0.204. The molecule has 0 fully saturated rings. The van der Waals surface area contributed by atoms with E-state index in [1.54, 1.807) is 12.1 Å². The van der Waals surface area contributed by atoms with Gasteiger partial charge >= 0.3 is 6.18 Å². The minimum atomic E-state index is -4.72. The second kappa shape index (κ2) is 5.25. The molecule has 2 aromatic rings. The van der Waals surface area contributed by atoms with Crippen molar-refractivity contribution in [3.63, 3.8) is 0 Å². The predicted molar refractivity (Wildman–Crippen MR) is 61.0 cm³/mol. The van der Waals surface area contributed by atoms with E-state index in [1.165, 1.54) is 6.20 Å². The minimum Gasteiger partial charge on any atom is -0.383 e. The lowest BCUT2D eigenvalue weighted by Gasteiger charge is -2.11. The number of halogens is 4. The highest BCUT2D eigenvalue weighted by molar-refractivity contribution is 9.10. The van der Waals surface area contributed by atoms with Crippen molar-refractivity contribution in [2.24, 2.45) is 0 Å². The number of rotatable bonds is 3. The van der Waals surface area contributed by atoms with Crippen LogP contribution in [0.25, 0.3) is 11.5 Å². The first-order valence-corrected chi connectivity index (χ1v) is 5.85. The standard InChI is InChI=1S/C10H7BrF3N3O2/c11-5-1-2-6(15-4-5)9-16-8(19-17-9)3-7(18)10(12,13)14/h1-2,4,7,18H,3H2. The molecule has 0 saturated carbocycles. The zero-order valence-electron chi connectivity index (χ0n) is 9.23. The molecule has 2 aromatic heterocycles. The van der Waals surface area contributed by atoms with Crippen LogP contribution in [0.3, 0.4) is 0 Å². The summed E-state index contributed by atoms with van der Waals surface area (Å²) in [5.41, 5.74) is 0.361. The van der Waals surface area contributed by atoms with Crippen LogP contribution < -0.4 is 0 Å². The summed E-state index contributed by atoms with van der Waals surface area (Å²) in [5, 5.41) is 12.4. The van der Waals surface area contributed by atoms with E-state index in [0.717, 1.165) is 4.47 Å². The molecule has 1 atom stereocenters. The van der Waals surface area contributed by atoms with E-state index in [-0.39, 0.29) is 11.7 Å². The summed E-state index contributed by atoms with van der Waals surface area (Å²) >= 11 is 3.19. The van der Waals surface area contributed by atoms with Crippen LogP contribution in [0.2, 0.25) is 0 Å². The quantitative estimate of drug-likeness (QED) is 0.930. The van der Waals surface area contributed by atoms with Gasteiger partial charge in [-0.3, -0.25) is 4.98 Å². The van der Waals surface area contributed by atoms with Crippen molar-refractivity contribution in [2.75, 3.05) is 0 Å². The average Bonchev–Trinajstić information content (AvgIpc) is 2.77. The number of hydrogen-bond acceptors (Lipinski definition) is 5. The Labute approximate surface area is 113 Å². The Hall–Kier alpha value is -1.48. The van der Waals surface area contributed by atoms with Crippen LogP contribution in [-0.4, -0.2) is 32.5 Å². The van der Waals surface area contributed by atoms with Crippen LogP contribution in [-0.2, 0) is 6.42 Å². The molecular weight excluding hydrogens is 331 g/mol. The molecule has 0 spiro atoms. The van der Waals surface area contributed by atoms with Crippen LogP contribution in [0, 0.1) is 0 Å². The van der Waals surface area contributed by atoms with Gasteiger partial charge in [0.15, 0.2) is 6.10 Å². The molecule has 0 bridgehead atoms. The van der Waals surface area contributed by atoms with Gasteiger partial charge in [0.25, 0.3) is 0 Å². The normalized spacial score (nSPS) is 13.5. The van der Waals surface area contributed by atoms with E-state index < -0.39 is 18.7 Å². The maximum absolute atomic E-state index is 12.2. The Morgan fingerprint density at radius 3 is 2.68 bits per heavy atom. The van der Waals surface area contributed by atoms with Gasteiger partial charge in [-0.1, -0.05) is 5.16 Å². The first-order chi connectivity index (χ1) is 8.86. The first kappa shape index (κ1) is 13.9. The second-order valence-corrected chi connectivity index (χ2v) is 4.55. The lowest BCUT2D eigenvalue weighted by Crippen LogP contribution is -2.30. The number of aliphatic hydroxyl groups is 1. The summed E-state index contributed by atoms with van der Waals surface area (Å²) in [6, 6.07) is 3.27. The van der Waals surface area contributed by atoms with Gasteiger partial charge in [0.05, 0.1) is 6.42 Å². The number of nitrogens with zero attached hydrogens (tertiary/aromatic N) is 3. The van der Waals surface area contributed by atoms with Gasteiger partial charge in [-0.2, -0.15) is 18.2 Å². The van der Waals surface area contributed by atoms with Crippen LogP contribution in [0.15, 0.2) is 27.3 Å². The average molecular weight is 338 g/mol. The van der Waals surface area contributed by atoms with E-state index in [1.807, 2.05) is 0 Å². The topological polar surface area (TPSA) is 72.0 Å². The maximum atomic E-state index is 12.2. The molecule has 0 aromatic carbocycles. The minimum absolute atomic E-state index is 0.0666. The molecule has 0 aliphatic heterocycles. The fourth-order valence-corrected chi connectivity index (χ4v) is 1.47. The molecule has 0 saturated heterocycles. The second-order valence-electron chi connectivity index (χ2n) is 3.63. The van der Waals surface area contributed by atoms with E-state index >= 15 is 0 Å². The predicted octanol–water partition coefficient (Wildman–Crippen LogP) is 2.36. The van der Waals surface area contributed by atoms with Crippen LogP contribution in [0.4, 0.5) is 13.2 Å². The Kier molecular flexibility index (Phi) is 3.85. The van der Waals surface area contributed by atoms with Crippen molar-refractivity contribution in [2.45, 2.75) is 18.7 Å². The Balaban J connectivity index is 2.13. The van der Waals surface area contributed by atoms with Crippen molar-refractivity contribution in [1.29, 1.82) is 0 Å². The summed E-state index contributed by atoms with van der Waals surface area (Å²) in [6.45, 7) is 0. The zero-order chi connectivity index (χ0) is 14.0. The number of alkyl halides is 3. The van der Waals surface area contributed by atoms with Gasteiger partial charge in [0.2, 0.25) is 11.7 Å². The summed E-state index contributed by atoms with van der Waals surface area (Å²) in [7, 11) is 0. The van der Waals surface area contributed by atoms with Crippen molar-refractivity contribution >= 4 is 15.9 Å². The molecule has 0 aliphatic carbocycles. The SMILES string of the molecule is OC(Cc1nc(-c2ccc(Br)cn2)no1)C(F)(F)F. The molecule has 2 rings (SSSR count). The Morgan fingerprint density at radius 2 is 2.11 bits per heavy atom. The highest BCUT2D eigenvalue weighted by Gasteiger charge is 2.39. The van der Waals surface area contributed by atoms with Gasteiger partial charge in [-0.25, -0.2) is 0 Å². The highest BCUT2D eigenvalue weighted by atomic mass is 79.9. The maximum Gasteiger partial charge on any atom is 0.414 e. The van der Waals surface area contributed by atoms with E-state index in [2.05, 4.69) is 35.6 Å². The van der Waals surface area contributed by atoms with Crippen molar-refractivity contribution in [3.05, 3.63) is 28.7 Å². The Morgan fingerprint density at radius 1 is 1.37 bits per heavy atom. The van der Waals surface area contributed by atoms with E-state index in [9.17, 15) is 13.2 Å². The van der Waals surface area contributed by atoms with Gasteiger partial charge < -0.3 is 9.63 Å². The molecule has 9 heteroatoms. The molecule has 0 amide bonds. The number of aliphatic hydroxyl groups excluding tert-OH is 1. The largest absolute Gasteiger partial charge is 0.414 e. The summed E-state index contributed by atoms with van der Waals surface area (Å²) in [5.74, 6) is -0.235. The van der Waals surface area contributed by atoms with Crippen molar-refractivity contribution in [1.82, 2.24) is 15.1 Å². The van der Waals surface area contributed by atoms with Gasteiger partial charge in [0, 0.05) is 10.7 Å².